The molecule has 0 atom stereocenters. The first-order chi connectivity index (χ1) is 6.81. The molecule has 86 valence electrons. The van der Waals surface area contributed by atoms with Crippen LogP contribution in [0.2, 0.25) is 0 Å². The molecule has 0 aromatic rings. The number of hydrogen-bond donors (Lipinski definition) is 2. The minimum absolute atomic E-state index is 0.0472. The van der Waals surface area contributed by atoms with Gasteiger partial charge < -0.3 is 15.4 Å². The third-order valence-corrected chi connectivity index (χ3v) is 1.28. The van der Waals surface area contributed by atoms with Gasteiger partial charge in [0.15, 0.2) is 0 Å². The summed E-state index contributed by atoms with van der Waals surface area (Å²) in [5, 5.41) is 5.75. The van der Waals surface area contributed by atoms with Crippen LogP contribution in [0.15, 0.2) is 0 Å². The van der Waals surface area contributed by atoms with Crippen LogP contribution in [-0.4, -0.2) is 38.8 Å². The molecule has 0 aromatic heterocycles. The summed E-state index contributed by atoms with van der Waals surface area (Å²) in [5.74, 6) is -0.0472. The van der Waals surface area contributed by atoms with Gasteiger partial charge in [-0.05, 0) is 13.5 Å². The number of hydrogen-bond acceptors (Lipinski definition) is 3. The predicted octanol–water partition coefficient (Wildman–Crippen LogP) is 0.775. The Bertz CT molecular complexity index is 119. The molecule has 1 amide bonds. The van der Waals surface area contributed by atoms with Crippen LogP contribution in [0.5, 0.6) is 0 Å². The van der Waals surface area contributed by atoms with E-state index in [0.717, 1.165) is 13.1 Å². The molecule has 4 heteroatoms. The maximum atomic E-state index is 10.8. The van der Waals surface area contributed by atoms with E-state index in [0.29, 0.717) is 13.2 Å². The van der Waals surface area contributed by atoms with Crippen molar-refractivity contribution in [2.45, 2.75) is 27.7 Å². The van der Waals surface area contributed by atoms with Crippen LogP contribution in [0, 0.1) is 0 Å². The number of nitrogens with one attached hydrogen (secondary N) is 2. The summed E-state index contributed by atoms with van der Waals surface area (Å²) in [5.41, 5.74) is 0. The Morgan fingerprint density at radius 3 is 2.36 bits per heavy atom. The summed E-state index contributed by atoms with van der Waals surface area (Å²) in [6.45, 7) is 11.1. The van der Waals surface area contributed by atoms with E-state index in [1.165, 1.54) is 0 Å². The lowest BCUT2D eigenvalue weighted by molar-refractivity contribution is -0.125. The van der Waals surface area contributed by atoms with Gasteiger partial charge in [-0.15, -0.1) is 0 Å². The lowest BCUT2D eigenvalue weighted by Gasteiger charge is -2.04. The standard InChI is InChI=1S/C8H18N2O2.C2H6/c1-3-9-5-6-12-7-8(11)10-4-2;1-2/h9H,3-7H2,1-2H3,(H,10,11);1-2H3. The fourth-order valence-corrected chi connectivity index (χ4v) is 0.734. The Kier molecular flexibility index (Phi) is 16.9. The Hall–Kier alpha value is -0.610. The second-order valence-electron chi connectivity index (χ2n) is 2.36. The topological polar surface area (TPSA) is 50.4 Å². The second kappa shape index (κ2) is 14.9. The molecule has 0 bridgehead atoms. The highest BCUT2D eigenvalue weighted by Crippen LogP contribution is 1.73. The molecule has 0 spiro atoms. The van der Waals surface area contributed by atoms with E-state index in [1.807, 2.05) is 27.7 Å². The molecule has 2 N–H and O–H groups in total. The van der Waals surface area contributed by atoms with Gasteiger partial charge in [0.05, 0.1) is 6.61 Å². The van der Waals surface area contributed by atoms with E-state index in [1.54, 1.807) is 0 Å². The number of amides is 1. The van der Waals surface area contributed by atoms with Crippen molar-refractivity contribution in [3.05, 3.63) is 0 Å². The first-order valence-corrected chi connectivity index (χ1v) is 5.36. The smallest absolute Gasteiger partial charge is 0.245 e. The zero-order chi connectivity index (χ0) is 11.2. The zero-order valence-electron chi connectivity index (χ0n) is 9.85. The molecule has 0 aliphatic rings. The van der Waals surface area contributed by atoms with Crippen LogP contribution >= 0.6 is 0 Å². The van der Waals surface area contributed by atoms with Gasteiger partial charge in [-0.1, -0.05) is 20.8 Å². The van der Waals surface area contributed by atoms with E-state index in [-0.39, 0.29) is 12.5 Å². The number of likely N-dealkylation sites (N-methyl/N-ethyl adjacent to an activating group) is 2. The molecular formula is C10H24N2O2. The second-order valence-corrected chi connectivity index (χ2v) is 2.36. The highest BCUT2D eigenvalue weighted by Gasteiger charge is 1.97. The SMILES string of the molecule is CC.CCNCCOCC(=O)NCC. The molecule has 0 radical (unpaired) electrons. The van der Waals surface area contributed by atoms with Crippen molar-refractivity contribution in [2.24, 2.45) is 0 Å². The van der Waals surface area contributed by atoms with Gasteiger partial charge in [0.1, 0.15) is 6.61 Å². The van der Waals surface area contributed by atoms with Gasteiger partial charge in [0, 0.05) is 13.1 Å². The predicted molar refractivity (Wildman–Crippen MR) is 59.4 cm³/mol. The van der Waals surface area contributed by atoms with Gasteiger partial charge in [-0.25, -0.2) is 0 Å². The highest BCUT2D eigenvalue weighted by atomic mass is 16.5. The highest BCUT2D eigenvalue weighted by molar-refractivity contribution is 5.77. The van der Waals surface area contributed by atoms with Crippen molar-refractivity contribution in [3.8, 4) is 0 Å². The molecule has 0 saturated carbocycles. The Morgan fingerprint density at radius 1 is 1.21 bits per heavy atom. The fraction of sp³-hybridized carbons (Fsp3) is 0.900. The summed E-state index contributed by atoms with van der Waals surface area (Å²) in [6, 6.07) is 0. The Labute approximate surface area is 87.4 Å². The molecule has 0 unspecified atom stereocenters. The van der Waals surface area contributed by atoms with Crippen molar-refractivity contribution in [2.75, 3.05) is 32.8 Å². The van der Waals surface area contributed by atoms with E-state index in [2.05, 4.69) is 10.6 Å². The average Bonchev–Trinajstić information content (AvgIpc) is 2.21. The molecule has 0 aliphatic carbocycles. The quantitative estimate of drug-likeness (QED) is 0.602. The van der Waals surface area contributed by atoms with E-state index < -0.39 is 0 Å². The lowest BCUT2D eigenvalue weighted by Crippen LogP contribution is -2.28. The monoisotopic (exact) mass is 204 g/mol. The van der Waals surface area contributed by atoms with Crippen LogP contribution in [0.1, 0.15) is 27.7 Å². The van der Waals surface area contributed by atoms with Crippen LogP contribution in [0.25, 0.3) is 0 Å². The molecule has 0 aromatic carbocycles. The minimum Gasteiger partial charge on any atom is -0.370 e. The summed E-state index contributed by atoms with van der Waals surface area (Å²) in [6.07, 6.45) is 0. The largest absolute Gasteiger partial charge is 0.370 e. The van der Waals surface area contributed by atoms with Crippen molar-refractivity contribution >= 4 is 5.91 Å². The van der Waals surface area contributed by atoms with E-state index in [4.69, 9.17) is 4.74 Å². The molecule has 4 nitrogen and oxygen atoms in total. The zero-order valence-corrected chi connectivity index (χ0v) is 9.85. The first kappa shape index (κ1) is 15.8. The molecule has 0 aliphatic heterocycles. The van der Waals surface area contributed by atoms with Crippen molar-refractivity contribution < 1.29 is 9.53 Å². The molecule has 0 fully saturated rings. The summed E-state index contributed by atoms with van der Waals surface area (Å²) in [4.78, 5) is 10.8. The van der Waals surface area contributed by atoms with Crippen LogP contribution < -0.4 is 10.6 Å². The van der Waals surface area contributed by atoms with Gasteiger partial charge in [0.2, 0.25) is 5.91 Å². The molecular weight excluding hydrogens is 180 g/mol. The molecule has 0 rings (SSSR count). The minimum atomic E-state index is -0.0472. The normalized spacial score (nSPS) is 8.86. The molecule has 14 heavy (non-hydrogen) atoms. The third kappa shape index (κ3) is 13.9. The fourth-order valence-electron chi connectivity index (χ4n) is 0.734. The van der Waals surface area contributed by atoms with Crippen molar-refractivity contribution in [1.82, 2.24) is 10.6 Å². The molecule has 0 heterocycles. The van der Waals surface area contributed by atoms with Gasteiger partial charge in [0.25, 0.3) is 0 Å². The maximum Gasteiger partial charge on any atom is 0.245 e. The average molecular weight is 204 g/mol. The number of carbonyl (C=O) groups excluding carboxylic acids is 1. The summed E-state index contributed by atoms with van der Waals surface area (Å²) >= 11 is 0. The number of ether oxygens (including phenoxy) is 1. The lowest BCUT2D eigenvalue weighted by atomic mass is 10.6. The maximum absolute atomic E-state index is 10.8. The van der Waals surface area contributed by atoms with Crippen molar-refractivity contribution in [1.29, 1.82) is 0 Å². The Balaban J connectivity index is 0. The van der Waals surface area contributed by atoms with Crippen LogP contribution in [0.4, 0.5) is 0 Å². The number of rotatable bonds is 7. The van der Waals surface area contributed by atoms with Gasteiger partial charge in [-0.2, -0.15) is 0 Å². The summed E-state index contributed by atoms with van der Waals surface area (Å²) < 4.78 is 5.08. The molecule has 0 saturated heterocycles. The Morgan fingerprint density at radius 2 is 1.86 bits per heavy atom. The number of carbonyl (C=O) groups is 1. The van der Waals surface area contributed by atoms with Crippen LogP contribution in [-0.2, 0) is 9.53 Å². The third-order valence-electron chi connectivity index (χ3n) is 1.28. The van der Waals surface area contributed by atoms with Crippen molar-refractivity contribution in [3.63, 3.8) is 0 Å². The van der Waals surface area contributed by atoms with Crippen LogP contribution in [0.3, 0.4) is 0 Å². The van der Waals surface area contributed by atoms with Gasteiger partial charge >= 0.3 is 0 Å². The van der Waals surface area contributed by atoms with E-state index in [9.17, 15) is 4.79 Å². The first-order valence-electron chi connectivity index (χ1n) is 5.36. The van der Waals surface area contributed by atoms with Gasteiger partial charge in [-0.3, -0.25) is 4.79 Å². The van der Waals surface area contributed by atoms with E-state index >= 15 is 0 Å². The summed E-state index contributed by atoms with van der Waals surface area (Å²) in [7, 11) is 0.